The van der Waals surface area contributed by atoms with Gasteiger partial charge in [-0.05, 0) is 12.8 Å². The molecule has 0 amide bonds. The topological polar surface area (TPSA) is 43.4 Å². The minimum Gasteiger partial charge on any atom is -0.393 e. The Morgan fingerprint density at radius 2 is 1.42 bits per heavy atom. The van der Waals surface area contributed by atoms with Crippen molar-refractivity contribution in [3.63, 3.8) is 0 Å². The molecule has 0 aromatic rings. The van der Waals surface area contributed by atoms with E-state index in [9.17, 15) is 9.59 Å². The smallest absolute Gasteiger partial charge is 0.317 e. The third kappa shape index (κ3) is 1.13. The van der Waals surface area contributed by atoms with Crippen LogP contribution in [0.25, 0.3) is 0 Å². The summed E-state index contributed by atoms with van der Waals surface area (Å²) in [7, 11) is 0. The second-order valence-corrected chi connectivity index (χ2v) is 3.59. The Bertz CT molecular complexity index is 200. The molecular weight excluding hydrogens is 156 g/mol. The monoisotopic (exact) mass is 168 g/mol. The lowest BCUT2D eigenvalue weighted by molar-refractivity contribution is -0.154. The predicted molar refractivity (Wildman–Crippen MR) is 41.2 cm³/mol. The van der Waals surface area contributed by atoms with E-state index in [-0.39, 0.29) is 23.8 Å². The minimum atomic E-state index is -0.285. The molecule has 2 atom stereocenters. The second-order valence-electron chi connectivity index (χ2n) is 3.59. The fourth-order valence-corrected chi connectivity index (χ4v) is 2.12. The van der Waals surface area contributed by atoms with Crippen LogP contribution in [-0.2, 0) is 14.3 Å². The van der Waals surface area contributed by atoms with Crippen molar-refractivity contribution in [1.29, 1.82) is 0 Å². The number of rotatable bonds is 0. The van der Waals surface area contributed by atoms with Gasteiger partial charge in [0, 0.05) is 0 Å². The van der Waals surface area contributed by atoms with E-state index in [4.69, 9.17) is 0 Å². The zero-order chi connectivity index (χ0) is 8.55. The highest BCUT2D eigenvalue weighted by Gasteiger charge is 2.43. The van der Waals surface area contributed by atoms with Gasteiger partial charge in [0.1, 0.15) is 0 Å². The fourth-order valence-electron chi connectivity index (χ4n) is 2.12. The van der Waals surface area contributed by atoms with Crippen LogP contribution in [0.2, 0.25) is 0 Å². The van der Waals surface area contributed by atoms with Gasteiger partial charge in [-0.3, -0.25) is 9.59 Å². The summed E-state index contributed by atoms with van der Waals surface area (Å²) in [6.45, 7) is 0. The second kappa shape index (κ2) is 2.88. The van der Waals surface area contributed by atoms with E-state index >= 15 is 0 Å². The van der Waals surface area contributed by atoms with Crippen LogP contribution in [0.3, 0.4) is 0 Å². The first-order chi connectivity index (χ1) is 5.79. The normalized spacial score (nSPS) is 35.7. The Balaban J connectivity index is 2.17. The van der Waals surface area contributed by atoms with Crippen LogP contribution >= 0.6 is 0 Å². The highest BCUT2D eigenvalue weighted by Crippen LogP contribution is 2.35. The number of esters is 2. The summed E-state index contributed by atoms with van der Waals surface area (Å²) in [5.41, 5.74) is 0. The maximum Gasteiger partial charge on any atom is 0.317 e. The molecule has 0 aromatic heterocycles. The maximum atomic E-state index is 11.1. The van der Waals surface area contributed by atoms with Crippen molar-refractivity contribution < 1.29 is 14.3 Å². The molecule has 0 aromatic carbocycles. The summed E-state index contributed by atoms with van der Waals surface area (Å²) in [5.74, 6) is -0.793. The molecule has 66 valence electrons. The molecule has 1 heterocycles. The first-order valence-electron chi connectivity index (χ1n) is 4.54. The molecule has 0 unspecified atom stereocenters. The molecule has 2 rings (SSSR count). The number of hydrogen-bond donors (Lipinski definition) is 0. The Morgan fingerprint density at radius 1 is 0.917 bits per heavy atom. The first-order valence-corrected chi connectivity index (χ1v) is 4.54. The van der Waals surface area contributed by atoms with E-state index in [0.717, 1.165) is 32.1 Å². The van der Waals surface area contributed by atoms with E-state index in [0.29, 0.717) is 0 Å². The Labute approximate surface area is 71.1 Å². The molecule has 2 aliphatic rings. The summed E-state index contributed by atoms with van der Waals surface area (Å²) in [5, 5.41) is 0. The number of ether oxygens (including phenoxy) is 1. The summed E-state index contributed by atoms with van der Waals surface area (Å²) in [6, 6.07) is 0. The van der Waals surface area contributed by atoms with Gasteiger partial charge in [-0.1, -0.05) is 19.3 Å². The van der Waals surface area contributed by atoms with E-state index < -0.39 is 0 Å². The standard InChI is InChI=1S/C9H12O3/c10-8-6-4-2-1-3-5-7(6)9(11)12-8/h6-7H,1-5H2/t6-,7+. The van der Waals surface area contributed by atoms with Gasteiger partial charge < -0.3 is 4.74 Å². The van der Waals surface area contributed by atoms with Gasteiger partial charge in [-0.15, -0.1) is 0 Å². The van der Waals surface area contributed by atoms with Crippen molar-refractivity contribution in [3.05, 3.63) is 0 Å². The van der Waals surface area contributed by atoms with Gasteiger partial charge in [0.05, 0.1) is 11.8 Å². The van der Waals surface area contributed by atoms with Crippen molar-refractivity contribution >= 4 is 11.9 Å². The van der Waals surface area contributed by atoms with Crippen LogP contribution in [0.5, 0.6) is 0 Å². The van der Waals surface area contributed by atoms with E-state index in [2.05, 4.69) is 4.74 Å². The lowest BCUT2D eigenvalue weighted by atomic mass is 9.91. The quantitative estimate of drug-likeness (QED) is 0.404. The van der Waals surface area contributed by atoms with Gasteiger partial charge in [0.2, 0.25) is 0 Å². The molecule has 1 saturated heterocycles. The van der Waals surface area contributed by atoms with Crippen LogP contribution in [0.4, 0.5) is 0 Å². The van der Waals surface area contributed by atoms with E-state index in [1.807, 2.05) is 0 Å². The van der Waals surface area contributed by atoms with Crippen molar-refractivity contribution in [2.24, 2.45) is 11.8 Å². The molecule has 1 aliphatic heterocycles. The molecule has 0 radical (unpaired) electrons. The Hall–Kier alpha value is -0.860. The highest BCUT2D eigenvalue weighted by molar-refractivity contribution is 5.96. The zero-order valence-corrected chi connectivity index (χ0v) is 6.91. The average Bonchev–Trinajstić information content (AvgIpc) is 2.29. The number of hydrogen-bond acceptors (Lipinski definition) is 3. The molecule has 2 fully saturated rings. The van der Waals surface area contributed by atoms with Crippen LogP contribution in [0, 0.1) is 11.8 Å². The third-order valence-corrected chi connectivity index (χ3v) is 2.82. The number of carbonyl (C=O) groups excluding carboxylic acids is 2. The minimum absolute atomic E-state index is 0.111. The molecule has 0 N–H and O–H groups in total. The molecule has 3 heteroatoms. The SMILES string of the molecule is O=C1OC(=O)[C@@H]2CCCCC[C@H]12. The first kappa shape index (κ1) is 7.77. The van der Waals surface area contributed by atoms with Crippen LogP contribution < -0.4 is 0 Å². The maximum absolute atomic E-state index is 11.1. The van der Waals surface area contributed by atoms with Gasteiger partial charge >= 0.3 is 11.9 Å². The van der Waals surface area contributed by atoms with Crippen LogP contribution in [-0.4, -0.2) is 11.9 Å². The highest BCUT2D eigenvalue weighted by atomic mass is 16.6. The number of carbonyl (C=O) groups is 2. The van der Waals surface area contributed by atoms with Crippen molar-refractivity contribution in [3.8, 4) is 0 Å². The van der Waals surface area contributed by atoms with Gasteiger partial charge in [0.15, 0.2) is 0 Å². The summed E-state index contributed by atoms with van der Waals surface area (Å²) < 4.78 is 4.59. The lowest BCUT2D eigenvalue weighted by Gasteiger charge is -2.06. The van der Waals surface area contributed by atoms with Crippen molar-refractivity contribution in [2.45, 2.75) is 32.1 Å². The zero-order valence-electron chi connectivity index (χ0n) is 6.91. The Morgan fingerprint density at radius 3 is 1.92 bits per heavy atom. The molecule has 3 nitrogen and oxygen atoms in total. The molecular formula is C9H12O3. The summed E-state index contributed by atoms with van der Waals surface area (Å²) in [4.78, 5) is 22.3. The largest absolute Gasteiger partial charge is 0.393 e. The van der Waals surface area contributed by atoms with E-state index in [1.165, 1.54) is 0 Å². The molecule has 0 bridgehead atoms. The van der Waals surface area contributed by atoms with Gasteiger partial charge in [-0.2, -0.15) is 0 Å². The number of fused-ring (bicyclic) bond motifs is 1. The molecule has 1 saturated carbocycles. The van der Waals surface area contributed by atoms with Crippen LogP contribution in [0.1, 0.15) is 32.1 Å². The van der Waals surface area contributed by atoms with Crippen LogP contribution in [0.15, 0.2) is 0 Å². The van der Waals surface area contributed by atoms with Gasteiger partial charge in [-0.25, -0.2) is 0 Å². The van der Waals surface area contributed by atoms with Gasteiger partial charge in [0.25, 0.3) is 0 Å². The van der Waals surface area contributed by atoms with Crippen molar-refractivity contribution in [1.82, 2.24) is 0 Å². The lowest BCUT2D eigenvalue weighted by Crippen LogP contribution is -2.15. The molecule has 0 spiro atoms. The van der Waals surface area contributed by atoms with E-state index in [1.54, 1.807) is 0 Å². The fraction of sp³-hybridized carbons (Fsp3) is 0.778. The average molecular weight is 168 g/mol. The molecule has 1 aliphatic carbocycles. The Kier molecular flexibility index (Phi) is 1.87. The summed E-state index contributed by atoms with van der Waals surface area (Å²) >= 11 is 0. The third-order valence-electron chi connectivity index (χ3n) is 2.82. The molecule has 12 heavy (non-hydrogen) atoms. The van der Waals surface area contributed by atoms with Crippen molar-refractivity contribution in [2.75, 3.05) is 0 Å². The number of cyclic esters (lactones) is 2. The predicted octanol–water partition coefficient (Wildman–Crippen LogP) is 1.27. The summed E-state index contributed by atoms with van der Waals surface area (Å²) in [6.07, 6.45) is 4.95.